The van der Waals surface area contributed by atoms with Gasteiger partial charge in [0.2, 0.25) is 5.82 Å². The predicted octanol–water partition coefficient (Wildman–Crippen LogP) is 3.22. The van der Waals surface area contributed by atoms with Crippen LogP contribution in [-0.4, -0.2) is 16.1 Å². The molecule has 0 aliphatic heterocycles. The third kappa shape index (κ3) is 2.72. The topological polar surface area (TPSA) is 65.2 Å². The van der Waals surface area contributed by atoms with E-state index >= 15 is 0 Å². The highest BCUT2D eigenvalue weighted by Crippen LogP contribution is 2.19. The summed E-state index contributed by atoms with van der Waals surface area (Å²) in [5, 5.41) is 9.50. The highest BCUT2D eigenvalue weighted by Gasteiger charge is 2.13. The molecule has 3 rings (SSSR count). The van der Waals surface area contributed by atoms with Crippen molar-refractivity contribution >= 4 is 28.6 Å². The average molecular weight is 292 g/mol. The van der Waals surface area contributed by atoms with Gasteiger partial charge in [-0.3, -0.25) is 0 Å². The van der Waals surface area contributed by atoms with E-state index in [9.17, 15) is 4.79 Å². The molecule has 0 N–H and O–H groups in total. The first-order valence-corrected chi connectivity index (χ1v) is 7.21. The molecule has 0 saturated heterocycles. The second-order valence-corrected chi connectivity index (χ2v) is 5.30. The van der Waals surface area contributed by atoms with Crippen molar-refractivity contribution in [1.82, 2.24) is 10.1 Å². The minimum atomic E-state index is -0.384. The van der Waals surface area contributed by atoms with E-state index in [1.165, 1.54) is 11.3 Å². The predicted molar refractivity (Wildman–Crippen MR) is 71.0 cm³/mol. The zero-order valence-corrected chi connectivity index (χ0v) is 11.2. The van der Waals surface area contributed by atoms with Crippen LogP contribution in [0.5, 0.6) is 0 Å². The first-order chi connectivity index (χ1) is 9.33. The number of carbonyl (C=O) groups excluding carboxylic acids is 1. The number of carbonyl (C=O) groups is 1. The molecule has 0 aliphatic carbocycles. The van der Waals surface area contributed by atoms with E-state index in [-0.39, 0.29) is 18.5 Å². The molecule has 0 spiro atoms. The zero-order valence-electron chi connectivity index (χ0n) is 9.61. The number of nitrogens with zero attached hydrogens (tertiary/aromatic N) is 2. The van der Waals surface area contributed by atoms with Crippen LogP contribution in [0.4, 0.5) is 0 Å². The average Bonchev–Trinajstić information content (AvgIpc) is 3.14. The van der Waals surface area contributed by atoms with Gasteiger partial charge < -0.3 is 9.26 Å². The zero-order chi connectivity index (χ0) is 13.1. The van der Waals surface area contributed by atoms with E-state index in [2.05, 4.69) is 10.1 Å². The number of esters is 1. The number of rotatable bonds is 4. The lowest BCUT2D eigenvalue weighted by atomic mass is 10.3. The second-order valence-electron chi connectivity index (χ2n) is 3.58. The lowest BCUT2D eigenvalue weighted by Crippen LogP contribution is -2.03. The number of hydrogen-bond donors (Lipinski definition) is 0. The molecule has 3 heterocycles. The van der Waals surface area contributed by atoms with Crippen LogP contribution in [0.25, 0.3) is 11.4 Å². The molecule has 19 heavy (non-hydrogen) atoms. The highest BCUT2D eigenvalue weighted by molar-refractivity contribution is 7.12. The molecule has 96 valence electrons. The Kier molecular flexibility index (Phi) is 3.39. The molecule has 0 saturated carbocycles. The molecule has 3 aromatic heterocycles. The van der Waals surface area contributed by atoms with E-state index in [0.717, 1.165) is 5.56 Å². The van der Waals surface area contributed by atoms with Crippen molar-refractivity contribution in [2.45, 2.75) is 6.61 Å². The summed E-state index contributed by atoms with van der Waals surface area (Å²) in [5.41, 5.74) is 0.893. The third-order valence-electron chi connectivity index (χ3n) is 2.30. The van der Waals surface area contributed by atoms with Gasteiger partial charge in [0.1, 0.15) is 4.88 Å². The molecule has 0 atom stereocenters. The van der Waals surface area contributed by atoms with Gasteiger partial charge in [0, 0.05) is 10.9 Å². The van der Waals surface area contributed by atoms with Gasteiger partial charge in [-0.1, -0.05) is 11.2 Å². The van der Waals surface area contributed by atoms with Gasteiger partial charge in [-0.2, -0.15) is 16.3 Å². The molecule has 5 nitrogen and oxygen atoms in total. The Labute approximate surface area is 116 Å². The molecular formula is C12H8N2O3S2. The third-order valence-corrected chi connectivity index (χ3v) is 3.83. The lowest BCUT2D eigenvalue weighted by molar-refractivity contribution is 0.0435. The summed E-state index contributed by atoms with van der Waals surface area (Å²) in [6, 6.07) is 5.40. The van der Waals surface area contributed by atoms with Crippen molar-refractivity contribution in [2.24, 2.45) is 0 Å². The maximum absolute atomic E-state index is 11.6. The first-order valence-electron chi connectivity index (χ1n) is 5.39. The van der Waals surface area contributed by atoms with E-state index in [1.807, 2.05) is 22.2 Å². The van der Waals surface area contributed by atoms with Crippen LogP contribution < -0.4 is 0 Å². The number of aromatic nitrogens is 2. The summed E-state index contributed by atoms with van der Waals surface area (Å²) in [7, 11) is 0. The summed E-state index contributed by atoms with van der Waals surface area (Å²) < 4.78 is 10.1. The molecule has 0 radical (unpaired) electrons. The summed E-state index contributed by atoms with van der Waals surface area (Å²) >= 11 is 2.88. The second kappa shape index (κ2) is 5.33. The Bertz CT molecular complexity index is 659. The Balaban J connectivity index is 1.63. The quantitative estimate of drug-likeness (QED) is 0.691. The van der Waals surface area contributed by atoms with Crippen LogP contribution in [-0.2, 0) is 11.3 Å². The van der Waals surface area contributed by atoms with Crippen molar-refractivity contribution in [3.63, 3.8) is 0 Å². The molecule has 0 bridgehead atoms. The summed E-state index contributed by atoms with van der Waals surface area (Å²) in [6.45, 7) is -0.0200. The summed E-state index contributed by atoms with van der Waals surface area (Å²) in [4.78, 5) is 16.3. The van der Waals surface area contributed by atoms with E-state index in [1.54, 1.807) is 23.5 Å². The molecule has 0 aromatic carbocycles. The fraction of sp³-hybridized carbons (Fsp3) is 0.0833. The molecule has 0 fully saturated rings. The maximum atomic E-state index is 11.6. The fourth-order valence-corrected chi connectivity index (χ4v) is 2.67. The summed E-state index contributed by atoms with van der Waals surface area (Å²) in [5.74, 6) is 0.403. The van der Waals surface area contributed by atoms with Crippen molar-refractivity contribution in [3.8, 4) is 11.4 Å². The molecule has 0 unspecified atom stereocenters. The minimum Gasteiger partial charge on any atom is -0.451 e. The van der Waals surface area contributed by atoms with Crippen LogP contribution in [0.1, 0.15) is 15.6 Å². The van der Waals surface area contributed by atoms with Gasteiger partial charge in [-0.15, -0.1) is 11.3 Å². The van der Waals surface area contributed by atoms with Crippen LogP contribution in [0.15, 0.2) is 38.9 Å². The van der Waals surface area contributed by atoms with Crippen molar-refractivity contribution in [3.05, 3.63) is 45.1 Å². The SMILES string of the molecule is O=C(OCc1nc(-c2ccsc2)no1)c1cccs1. The normalized spacial score (nSPS) is 10.5. The molecule has 3 aromatic rings. The van der Waals surface area contributed by atoms with Crippen molar-refractivity contribution in [1.29, 1.82) is 0 Å². The van der Waals surface area contributed by atoms with Gasteiger partial charge in [0.05, 0.1) is 0 Å². The summed E-state index contributed by atoms with van der Waals surface area (Å²) in [6.07, 6.45) is 0. The highest BCUT2D eigenvalue weighted by atomic mass is 32.1. The van der Waals surface area contributed by atoms with Crippen LogP contribution in [0.2, 0.25) is 0 Å². The minimum absolute atomic E-state index is 0.0200. The maximum Gasteiger partial charge on any atom is 0.348 e. The standard InChI is InChI=1S/C12H8N2O3S2/c15-12(9-2-1-4-19-9)16-6-10-13-11(14-17-10)8-3-5-18-7-8/h1-5,7H,6H2. The fourth-order valence-electron chi connectivity index (χ4n) is 1.42. The van der Waals surface area contributed by atoms with Crippen LogP contribution in [0, 0.1) is 0 Å². The number of thiophene rings is 2. The van der Waals surface area contributed by atoms with Gasteiger partial charge in [-0.25, -0.2) is 4.79 Å². The van der Waals surface area contributed by atoms with E-state index < -0.39 is 0 Å². The molecule has 7 heteroatoms. The molecule has 0 aliphatic rings. The largest absolute Gasteiger partial charge is 0.451 e. The van der Waals surface area contributed by atoms with E-state index in [4.69, 9.17) is 9.26 Å². The Morgan fingerprint density at radius 1 is 1.37 bits per heavy atom. The smallest absolute Gasteiger partial charge is 0.348 e. The van der Waals surface area contributed by atoms with Crippen molar-refractivity contribution < 1.29 is 14.1 Å². The first kappa shape index (κ1) is 12.1. The van der Waals surface area contributed by atoms with E-state index in [0.29, 0.717) is 10.7 Å². The Morgan fingerprint density at radius 2 is 2.32 bits per heavy atom. The molecular weight excluding hydrogens is 284 g/mol. The Morgan fingerprint density at radius 3 is 3.05 bits per heavy atom. The Hall–Kier alpha value is -1.99. The number of ether oxygens (including phenoxy) is 1. The lowest BCUT2D eigenvalue weighted by Gasteiger charge is -1.97. The number of hydrogen-bond acceptors (Lipinski definition) is 7. The van der Waals surface area contributed by atoms with Gasteiger partial charge in [0.25, 0.3) is 5.89 Å². The van der Waals surface area contributed by atoms with Crippen LogP contribution in [0.3, 0.4) is 0 Å². The van der Waals surface area contributed by atoms with Crippen LogP contribution >= 0.6 is 22.7 Å². The van der Waals surface area contributed by atoms with Crippen molar-refractivity contribution in [2.75, 3.05) is 0 Å². The monoisotopic (exact) mass is 292 g/mol. The van der Waals surface area contributed by atoms with Gasteiger partial charge >= 0.3 is 5.97 Å². The van der Waals surface area contributed by atoms with Gasteiger partial charge in [-0.05, 0) is 22.9 Å². The molecule has 0 amide bonds. The van der Waals surface area contributed by atoms with Gasteiger partial charge in [0.15, 0.2) is 6.61 Å².